The first-order valence-corrected chi connectivity index (χ1v) is 7.36. The summed E-state index contributed by atoms with van der Waals surface area (Å²) in [5, 5.41) is -0.613. The lowest BCUT2D eigenvalue weighted by Gasteiger charge is -2.22. The second-order valence-electron chi connectivity index (χ2n) is 3.98. The van der Waals surface area contributed by atoms with Gasteiger partial charge in [0, 0.05) is 11.8 Å². The van der Waals surface area contributed by atoms with Gasteiger partial charge in [-0.1, -0.05) is 26.0 Å². The molecule has 0 fully saturated rings. The van der Waals surface area contributed by atoms with Crippen LogP contribution in [0.15, 0.2) is 24.3 Å². The predicted octanol–water partition coefficient (Wildman–Crippen LogP) is 2.04. The first-order chi connectivity index (χ1) is 7.92. The molecular weight excluding hydrogens is 241 g/mol. The molecule has 0 amide bonds. The van der Waals surface area contributed by atoms with Crippen molar-refractivity contribution < 1.29 is 12.8 Å². The van der Waals surface area contributed by atoms with E-state index >= 15 is 0 Å². The average molecular weight is 259 g/mol. The maximum absolute atomic E-state index is 12.8. The maximum Gasteiger partial charge on any atom is 0.154 e. The molecule has 0 saturated carbocycles. The summed E-state index contributed by atoms with van der Waals surface area (Å²) in [7, 11) is -3.19. The van der Waals surface area contributed by atoms with Gasteiger partial charge in [0.2, 0.25) is 0 Å². The zero-order chi connectivity index (χ0) is 13.1. The molecule has 0 aliphatic rings. The fraction of sp³-hybridized carbons (Fsp3) is 0.500. The molecular formula is C12H18FNO2S. The highest BCUT2D eigenvalue weighted by Crippen LogP contribution is 2.23. The Balaban J connectivity index is 3.02. The predicted molar refractivity (Wildman–Crippen MR) is 66.9 cm³/mol. The van der Waals surface area contributed by atoms with Crippen LogP contribution in [0.5, 0.6) is 0 Å². The molecule has 1 aromatic carbocycles. The van der Waals surface area contributed by atoms with Gasteiger partial charge in [-0.2, -0.15) is 0 Å². The van der Waals surface area contributed by atoms with Crippen molar-refractivity contribution in [1.82, 2.24) is 0 Å². The summed E-state index contributed by atoms with van der Waals surface area (Å²) in [5.74, 6) is -0.284. The molecule has 1 aromatic rings. The van der Waals surface area contributed by atoms with Crippen molar-refractivity contribution in [2.75, 3.05) is 5.75 Å². The molecule has 5 heteroatoms. The van der Waals surface area contributed by atoms with E-state index in [1.165, 1.54) is 24.3 Å². The normalized spacial score (nSPS) is 15.5. The highest BCUT2D eigenvalue weighted by molar-refractivity contribution is 7.92. The van der Waals surface area contributed by atoms with E-state index in [0.717, 1.165) is 0 Å². The minimum absolute atomic E-state index is 0.0698. The number of hydrogen-bond acceptors (Lipinski definition) is 3. The van der Waals surface area contributed by atoms with Gasteiger partial charge in [0.1, 0.15) is 5.82 Å². The maximum atomic E-state index is 12.8. The van der Waals surface area contributed by atoms with E-state index in [1.807, 2.05) is 0 Å². The third-order valence-electron chi connectivity index (χ3n) is 2.92. The fourth-order valence-corrected chi connectivity index (χ4v) is 3.38. The number of sulfone groups is 1. The minimum Gasteiger partial charge on any atom is -0.323 e. The van der Waals surface area contributed by atoms with Crippen molar-refractivity contribution in [2.45, 2.75) is 31.6 Å². The van der Waals surface area contributed by atoms with Gasteiger partial charge in [0.25, 0.3) is 0 Å². The van der Waals surface area contributed by atoms with E-state index in [0.29, 0.717) is 12.0 Å². The van der Waals surface area contributed by atoms with Gasteiger partial charge in [-0.15, -0.1) is 0 Å². The molecule has 2 N–H and O–H groups in total. The first-order valence-electron chi connectivity index (χ1n) is 5.65. The largest absolute Gasteiger partial charge is 0.323 e. The topological polar surface area (TPSA) is 60.2 Å². The zero-order valence-corrected chi connectivity index (χ0v) is 10.9. The molecule has 0 radical (unpaired) electrons. The lowest BCUT2D eigenvalue weighted by Crippen LogP contribution is -2.34. The van der Waals surface area contributed by atoms with Gasteiger partial charge in [-0.05, 0) is 24.1 Å². The van der Waals surface area contributed by atoms with Gasteiger partial charge >= 0.3 is 0 Å². The first kappa shape index (κ1) is 14.1. The molecule has 2 atom stereocenters. The van der Waals surface area contributed by atoms with Crippen molar-refractivity contribution >= 4 is 9.84 Å². The summed E-state index contributed by atoms with van der Waals surface area (Å²) in [5.41, 5.74) is 6.61. The monoisotopic (exact) mass is 259 g/mol. The van der Waals surface area contributed by atoms with E-state index in [2.05, 4.69) is 0 Å². The van der Waals surface area contributed by atoms with Crippen LogP contribution in [-0.2, 0) is 9.84 Å². The molecule has 0 saturated heterocycles. The molecule has 0 heterocycles. The third-order valence-corrected chi connectivity index (χ3v) is 5.28. The van der Waals surface area contributed by atoms with Crippen molar-refractivity contribution in [1.29, 1.82) is 0 Å². The number of rotatable bonds is 5. The Labute approximate surface area is 102 Å². The number of benzene rings is 1. The molecule has 17 heavy (non-hydrogen) atoms. The Morgan fingerprint density at radius 2 is 1.76 bits per heavy atom. The van der Waals surface area contributed by atoms with Gasteiger partial charge in [0.05, 0.1) is 5.25 Å². The summed E-state index contributed by atoms with van der Waals surface area (Å²) >= 11 is 0. The van der Waals surface area contributed by atoms with Gasteiger partial charge in [0.15, 0.2) is 9.84 Å². The van der Waals surface area contributed by atoms with Crippen LogP contribution in [0.4, 0.5) is 4.39 Å². The van der Waals surface area contributed by atoms with E-state index in [9.17, 15) is 12.8 Å². The molecule has 3 nitrogen and oxygen atoms in total. The van der Waals surface area contributed by atoms with E-state index in [-0.39, 0.29) is 11.6 Å². The summed E-state index contributed by atoms with van der Waals surface area (Å²) in [4.78, 5) is 0. The van der Waals surface area contributed by atoms with Crippen molar-refractivity contribution in [3.63, 3.8) is 0 Å². The van der Waals surface area contributed by atoms with Crippen LogP contribution >= 0.6 is 0 Å². The Hall–Kier alpha value is -0.940. The molecule has 0 aromatic heterocycles. The lowest BCUT2D eigenvalue weighted by molar-refractivity contribution is 0.548. The second kappa shape index (κ2) is 5.60. The zero-order valence-electron chi connectivity index (χ0n) is 10.1. The molecule has 96 valence electrons. The quantitative estimate of drug-likeness (QED) is 0.880. The van der Waals surface area contributed by atoms with E-state index in [1.54, 1.807) is 13.8 Å². The van der Waals surface area contributed by atoms with Crippen molar-refractivity contribution in [3.8, 4) is 0 Å². The SMILES string of the molecule is CC[C@H]([C@@H](N)c1ccc(F)cc1)S(=O)(=O)CC. The van der Waals surface area contributed by atoms with Crippen LogP contribution in [0.2, 0.25) is 0 Å². The van der Waals surface area contributed by atoms with Crippen LogP contribution < -0.4 is 5.73 Å². The molecule has 0 bridgehead atoms. The summed E-state index contributed by atoms with van der Waals surface area (Å²) in [6, 6.07) is 5.05. The van der Waals surface area contributed by atoms with Gasteiger partial charge in [-0.3, -0.25) is 0 Å². The number of nitrogens with two attached hydrogens (primary N) is 1. The minimum atomic E-state index is -3.19. The Morgan fingerprint density at radius 3 is 2.18 bits per heavy atom. The lowest BCUT2D eigenvalue weighted by atomic mass is 10.0. The highest BCUT2D eigenvalue weighted by Gasteiger charge is 2.29. The van der Waals surface area contributed by atoms with Crippen molar-refractivity contribution in [3.05, 3.63) is 35.6 Å². The fourth-order valence-electron chi connectivity index (χ4n) is 1.84. The van der Waals surface area contributed by atoms with Crippen LogP contribution in [-0.4, -0.2) is 19.4 Å². The smallest absolute Gasteiger partial charge is 0.154 e. The van der Waals surface area contributed by atoms with Crippen LogP contribution in [0.1, 0.15) is 31.9 Å². The third kappa shape index (κ3) is 3.26. The molecule has 0 unspecified atom stereocenters. The average Bonchev–Trinajstić information content (AvgIpc) is 2.30. The number of halogens is 1. The van der Waals surface area contributed by atoms with E-state index in [4.69, 9.17) is 5.73 Å². The molecule has 1 rings (SSSR count). The Morgan fingerprint density at radius 1 is 1.24 bits per heavy atom. The summed E-state index contributed by atoms with van der Waals surface area (Å²) in [6.07, 6.45) is 0.453. The van der Waals surface area contributed by atoms with Gasteiger partial charge in [-0.25, -0.2) is 12.8 Å². The summed E-state index contributed by atoms with van der Waals surface area (Å²) < 4.78 is 36.5. The second-order valence-corrected chi connectivity index (χ2v) is 6.48. The summed E-state index contributed by atoms with van der Waals surface area (Å²) in [6.45, 7) is 3.40. The van der Waals surface area contributed by atoms with Crippen molar-refractivity contribution in [2.24, 2.45) is 5.73 Å². The molecule has 0 aliphatic carbocycles. The standard InChI is InChI=1S/C12H18FNO2S/c1-3-11(17(15,16)4-2)12(14)9-5-7-10(13)8-6-9/h5-8,11-12H,3-4,14H2,1-2H3/t11-,12+/m1/s1. The molecule has 0 aliphatic heterocycles. The van der Waals surface area contributed by atoms with Gasteiger partial charge < -0.3 is 5.73 Å². The highest BCUT2D eigenvalue weighted by atomic mass is 32.2. The Kier molecular flexibility index (Phi) is 4.65. The van der Waals surface area contributed by atoms with Crippen LogP contribution in [0.25, 0.3) is 0 Å². The molecule has 0 spiro atoms. The number of hydrogen-bond donors (Lipinski definition) is 1. The van der Waals surface area contributed by atoms with Crippen LogP contribution in [0.3, 0.4) is 0 Å². The van der Waals surface area contributed by atoms with Crippen LogP contribution in [0, 0.1) is 5.82 Å². The van der Waals surface area contributed by atoms with E-state index < -0.39 is 21.1 Å². The Bertz CT molecular complexity index is 456.